The van der Waals surface area contributed by atoms with E-state index in [4.69, 9.17) is 20.8 Å². The molecule has 2 aromatic carbocycles. The molecule has 1 saturated heterocycles. The second-order valence-electron chi connectivity index (χ2n) is 6.21. The van der Waals surface area contributed by atoms with Crippen molar-refractivity contribution in [2.45, 2.75) is 0 Å². The van der Waals surface area contributed by atoms with Crippen molar-refractivity contribution in [1.29, 1.82) is 0 Å². The lowest BCUT2D eigenvalue weighted by molar-refractivity contribution is -0.123. The van der Waals surface area contributed by atoms with Crippen LogP contribution in [0.2, 0.25) is 5.02 Å². The highest BCUT2D eigenvalue weighted by atomic mass is 35.5. The Morgan fingerprint density at radius 2 is 1.86 bits per heavy atom. The van der Waals surface area contributed by atoms with E-state index in [-0.39, 0.29) is 24.3 Å². The van der Waals surface area contributed by atoms with Gasteiger partial charge in [-0.2, -0.15) is 0 Å². The van der Waals surface area contributed by atoms with E-state index in [0.29, 0.717) is 27.2 Å². The first kappa shape index (κ1) is 19.4. The third kappa shape index (κ3) is 4.55. The van der Waals surface area contributed by atoms with E-state index < -0.39 is 0 Å². The van der Waals surface area contributed by atoms with Crippen LogP contribution in [-0.2, 0) is 4.79 Å². The summed E-state index contributed by atoms with van der Waals surface area (Å²) in [7, 11) is 0. The third-order valence-corrected chi connectivity index (χ3v) is 5.35. The van der Waals surface area contributed by atoms with Crippen LogP contribution < -0.4 is 4.74 Å². The lowest BCUT2D eigenvalue weighted by Crippen LogP contribution is -2.32. The Bertz CT molecular complexity index is 1080. The Morgan fingerprint density at radius 1 is 1.03 bits per heavy atom. The molecule has 2 heterocycles. The monoisotopic (exact) mass is 425 g/mol. The van der Waals surface area contributed by atoms with Gasteiger partial charge >= 0.3 is 0 Å². The van der Waals surface area contributed by atoms with Crippen molar-refractivity contribution in [3.63, 3.8) is 0 Å². The molecule has 0 saturated carbocycles. The number of rotatable bonds is 6. The topological polar surface area (TPSA) is 59.8 Å². The summed E-state index contributed by atoms with van der Waals surface area (Å²) in [6.45, 7) is 0.415. The predicted molar refractivity (Wildman–Crippen MR) is 114 cm³/mol. The highest BCUT2D eigenvalue weighted by molar-refractivity contribution is 8.18. The van der Waals surface area contributed by atoms with Crippen molar-refractivity contribution in [3.8, 4) is 17.1 Å². The zero-order valence-corrected chi connectivity index (χ0v) is 16.8. The van der Waals surface area contributed by atoms with Gasteiger partial charge in [0.25, 0.3) is 11.1 Å². The molecule has 0 bridgehead atoms. The van der Waals surface area contributed by atoms with Crippen molar-refractivity contribution >= 4 is 40.6 Å². The van der Waals surface area contributed by atoms with Gasteiger partial charge < -0.3 is 9.15 Å². The first-order chi connectivity index (χ1) is 14.1. The molecule has 7 heteroatoms. The van der Waals surface area contributed by atoms with Crippen LogP contribution in [0.15, 0.2) is 76.1 Å². The van der Waals surface area contributed by atoms with Gasteiger partial charge in [0, 0.05) is 16.7 Å². The van der Waals surface area contributed by atoms with Crippen molar-refractivity contribution in [2.75, 3.05) is 13.2 Å². The molecule has 0 radical (unpaired) electrons. The Balaban J connectivity index is 1.42. The SMILES string of the molecule is O=C1S/C(=C\c2ccc(-c3cccc(Cl)c3)o2)C(=O)N1CCOc1ccccc1. The molecular formula is C22H16ClNO4S. The molecule has 0 aliphatic carbocycles. The van der Waals surface area contributed by atoms with Gasteiger partial charge in [0.1, 0.15) is 23.9 Å². The lowest BCUT2D eigenvalue weighted by Gasteiger charge is -2.13. The quantitative estimate of drug-likeness (QED) is 0.473. The molecule has 0 unspecified atom stereocenters. The Morgan fingerprint density at radius 3 is 2.66 bits per heavy atom. The molecule has 0 N–H and O–H groups in total. The van der Waals surface area contributed by atoms with Crippen LogP contribution in [0, 0.1) is 0 Å². The molecule has 0 spiro atoms. The number of hydrogen-bond donors (Lipinski definition) is 0. The van der Waals surface area contributed by atoms with Crippen molar-refractivity contribution in [1.82, 2.24) is 4.90 Å². The van der Waals surface area contributed by atoms with E-state index >= 15 is 0 Å². The second kappa shape index (κ2) is 8.59. The Labute approximate surface area is 176 Å². The first-order valence-corrected chi connectivity index (χ1v) is 10.1. The minimum atomic E-state index is -0.350. The predicted octanol–water partition coefficient (Wildman–Crippen LogP) is 5.72. The lowest BCUT2D eigenvalue weighted by atomic mass is 10.2. The van der Waals surface area contributed by atoms with E-state index in [2.05, 4.69) is 0 Å². The molecular weight excluding hydrogens is 410 g/mol. The molecule has 2 amide bonds. The number of para-hydroxylation sites is 1. The van der Waals surface area contributed by atoms with Gasteiger partial charge in [0.15, 0.2) is 0 Å². The van der Waals surface area contributed by atoms with Crippen LogP contribution in [0.1, 0.15) is 5.76 Å². The summed E-state index contributed by atoms with van der Waals surface area (Å²) in [5, 5.41) is 0.291. The zero-order chi connectivity index (χ0) is 20.2. The summed E-state index contributed by atoms with van der Waals surface area (Å²) in [5.41, 5.74) is 0.836. The number of thioether (sulfide) groups is 1. The maximum Gasteiger partial charge on any atom is 0.293 e. The van der Waals surface area contributed by atoms with Crippen LogP contribution >= 0.6 is 23.4 Å². The zero-order valence-electron chi connectivity index (χ0n) is 15.2. The highest BCUT2D eigenvalue weighted by Crippen LogP contribution is 2.33. The fourth-order valence-electron chi connectivity index (χ4n) is 2.82. The number of benzene rings is 2. The van der Waals surface area contributed by atoms with Crippen LogP contribution in [0.4, 0.5) is 4.79 Å². The largest absolute Gasteiger partial charge is 0.492 e. The molecule has 5 nitrogen and oxygen atoms in total. The van der Waals surface area contributed by atoms with Crippen LogP contribution in [0.5, 0.6) is 5.75 Å². The maximum absolute atomic E-state index is 12.6. The summed E-state index contributed by atoms with van der Waals surface area (Å²) in [6, 6.07) is 20.1. The van der Waals surface area contributed by atoms with Crippen LogP contribution in [-0.4, -0.2) is 29.2 Å². The van der Waals surface area contributed by atoms with E-state index in [9.17, 15) is 9.59 Å². The molecule has 1 aliphatic rings. The van der Waals surface area contributed by atoms with Crippen molar-refractivity contribution in [3.05, 3.63) is 82.4 Å². The van der Waals surface area contributed by atoms with Crippen molar-refractivity contribution in [2.24, 2.45) is 0 Å². The number of ether oxygens (including phenoxy) is 1. The highest BCUT2D eigenvalue weighted by Gasteiger charge is 2.35. The number of carbonyl (C=O) groups is 2. The molecule has 0 atom stereocenters. The molecule has 3 aromatic rings. The normalized spacial score (nSPS) is 15.3. The van der Waals surface area contributed by atoms with Gasteiger partial charge in [0.2, 0.25) is 0 Å². The van der Waals surface area contributed by atoms with Crippen LogP contribution in [0.25, 0.3) is 17.4 Å². The third-order valence-electron chi connectivity index (χ3n) is 4.21. The van der Waals surface area contributed by atoms with Gasteiger partial charge in [-0.05, 0) is 48.2 Å². The van der Waals surface area contributed by atoms with Gasteiger partial charge in [-0.1, -0.05) is 41.9 Å². The smallest absolute Gasteiger partial charge is 0.293 e. The molecule has 146 valence electrons. The molecule has 29 heavy (non-hydrogen) atoms. The minimum absolute atomic E-state index is 0.183. The van der Waals surface area contributed by atoms with Gasteiger partial charge in [-0.3, -0.25) is 14.5 Å². The summed E-state index contributed by atoms with van der Waals surface area (Å²) in [5.74, 6) is 1.47. The van der Waals surface area contributed by atoms with Crippen LogP contribution in [0.3, 0.4) is 0 Å². The summed E-state index contributed by atoms with van der Waals surface area (Å²) >= 11 is 6.91. The van der Waals surface area contributed by atoms with Gasteiger partial charge in [-0.25, -0.2) is 0 Å². The number of hydrogen-bond acceptors (Lipinski definition) is 5. The van der Waals surface area contributed by atoms with E-state index in [1.165, 1.54) is 4.90 Å². The fraction of sp³-hybridized carbons (Fsp3) is 0.0909. The molecule has 1 aliphatic heterocycles. The number of imide groups is 1. The van der Waals surface area contributed by atoms with Gasteiger partial charge in [0.05, 0.1) is 11.4 Å². The fourth-order valence-corrected chi connectivity index (χ4v) is 3.86. The molecule has 4 rings (SSSR count). The van der Waals surface area contributed by atoms with E-state index in [0.717, 1.165) is 17.3 Å². The average Bonchev–Trinajstić information content (AvgIpc) is 3.29. The number of nitrogens with zero attached hydrogens (tertiary/aromatic N) is 1. The second-order valence-corrected chi connectivity index (χ2v) is 7.64. The Kier molecular flexibility index (Phi) is 5.74. The summed E-state index contributed by atoms with van der Waals surface area (Å²) < 4.78 is 11.4. The van der Waals surface area contributed by atoms with E-state index in [1.54, 1.807) is 30.3 Å². The van der Waals surface area contributed by atoms with E-state index in [1.807, 2.05) is 42.5 Å². The number of amides is 2. The average molecular weight is 426 g/mol. The van der Waals surface area contributed by atoms with Gasteiger partial charge in [-0.15, -0.1) is 0 Å². The molecule has 1 aromatic heterocycles. The summed E-state index contributed by atoms with van der Waals surface area (Å²) in [6.07, 6.45) is 1.58. The summed E-state index contributed by atoms with van der Waals surface area (Å²) in [4.78, 5) is 26.3. The standard InChI is InChI=1S/C22H16ClNO4S/c23-16-6-4-5-15(13-16)19-10-9-18(28-19)14-20-21(25)24(22(26)29-20)11-12-27-17-7-2-1-3-8-17/h1-10,13-14H,11-12H2/b20-14-. The number of halogens is 1. The number of carbonyl (C=O) groups excluding carboxylic acids is 2. The maximum atomic E-state index is 12.6. The minimum Gasteiger partial charge on any atom is -0.492 e. The Hall–Kier alpha value is -2.96. The van der Waals surface area contributed by atoms with Crippen molar-refractivity contribution < 1.29 is 18.7 Å². The molecule has 1 fully saturated rings. The first-order valence-electron chi connectivity index (χ1n) is 8.89. The number of furan rings is 1.